The molecule has 0 unspecified atom stereocenters. The second-order valence-corrected chi connectivity index (χ2v) is 11.8. The molecule has 3 aromatic rings. The Hall–Kier alpha value is -3.79. The Labute approximate surface area is 233 Å². The first-order valence-corrected chi connectivity index (χ1v) is 14.8. The topological polar surface area (TPSA) is 86.8 Å². The molecule has 7 nitrogen and oxygen atoms in total. The molecule has 1 aliphatic carbocycles. The zero-order chi connectivity index (χ0) is 28.7. The molecule has 0 spiro atoms. The van der Waals surface area contributed by atoms with Crippen molar-refractivity contribution in [3.63, 3.8) is 0 Å². The van der Waals surface area contributed by atoms with Gasteiger partial charge in [-0.3, -0.25) is 13.9 Å². The maximum Gasteiger partial charge on any atom is 0.264 e. The van der Waals surface area contributed by atoms with Crippen molar-refractivity contribution in [1.29, 1.82) is 0 Å². The number of anilines is 1. The van der Waals surface area contributed by atoms with Crippen LogP contribution in [0.25, 0.3) is 0 Å². The normalized spacial score (nSPS) is 14.8. The number of carbonyl (C=O) groups is 2. The summed E-state index contributed by atoms with van der Waals surface area (Å²) in [7, 11) is -4.26. The van der Waals surface area contributed by atoms with Gasteiger partial charge in [-0.05, 0) is 62.2 Å². The van der Waals surface area contributed by atoms with E-state index in [1.54, 1.807) is 31.2 Å². The summed E-state index contributed by atoms with van der Waals surface area (Å²) in [4.78, 5) is 28.3. The zero-order valence-electron chi connectivity index (χ0n) is 22.3. The summed E-state index contributed by atoms with van der Waals surface area (Å²) in [6, 6.07) is 17.2. The molecule has 0 aliphatic heterocycles. The number of carbonyl (C=O) groups excluding carboxylic acids is 2. The second-order valence-electron chi connectivity index (χ2n) is 9.93. The smallest absolute Gasteiger partial charge is 0.264 e. The molecular weight excluding hydrogens is 536 g/mol. The Morgan fingerprint density at radius 2 is 1.52 bits per heavy atom. The molecule has 0 saturated heterocycles. The molecule has 0 bridgehead atoms. The molecule has 212 valence electrons. The van der Waals surface area contributed by atoms with Crippen LogP contribution in [-0.4, -0.2) is 43.8 Å². The Morgan fingerprint density at radius 3 is 2.17 bits per heavy atom. The number of benzene rings is 3. The van der Waals surface area contributed by atoms with Crippen LogP contribution in [0.1, 0.15) is 44.6 Å². The molecule has 2 amide bonds. The third-order valence-corrected chi connectivity index (χ3v) is 8.93. The van der Waals surface area contributed by atoms with Gasteiger partial charge in [-0.1, -0.05) is 55.7 Å². The average Bonchev–Trinajstić information content (AvgIpc) is 2.96. The van der Waals surface area contributed by atoms with E-state index >= 15 is 0 Å². The van der Waals surface area contributed by atoms with Gasteiger partial charge in [0.25, 0.3) is 10.0 Å². The number of sulfonamides is 1. The van der Waals surface area contributed by atoms with Crippen molar-refractivity contribution in [2.45, 2.75) is 62.6 Å². The standard InChI is InChI=1S/C30H33F2N3O4S/c1-22(30(37)33-25-11-4-2-5-12-25)34(20-23-10-8-9-15-28(23)32)29(36)21-35(26-18-16-24(31)17-19-26)40(38,39)27-13-6-3-7-14-27/h3,6-10,13-19,22,25H,2,4-5,11-12,20-21H2,1H3,(H,33,37)/t22-/m1/s1. The number of nitrogens with zero attached hydrogens (tertiary/aromatic N) is 2. The lowest BCUT2D eigenvalue weighted by Crippen LogP contribution is -2.53. The molecule has 1 N–H and O–H groups in total. The van der Waals surface area contributed by atoms with E-state index in [-0.39, 0.29) is 28.7 Å². The van der Waals surface area contributed by atoms with Crippen LogP contribution in [0.15, 0.2) is 83.8 Å². The van der Waals surface area contributed by atoms with Gasteiger partial charge in [-0.2, -0.15) is 0 Å². The van der Waals surface area contributed by atoms with E-state index < -0.39 is 46.1 Å². The fourth-order valence-corrected chi connectivity index (χ4v) is 6.25. The predicted molar refractivity (Wildman–Crippen MR) is 149 cm³/mol. The van der Waals surface area contributed by atoms with Crippen molar-refractivity contribution in [1.82, 2.24) is 10.2 Å². The molecule has 0 aromatic heterocycles. The number of hydrogen-bond acceptors (Lipinski definition) is 4. The summed E-state index contributed by atoms with van der Waals surface area (Å²) in [6.45, 7) is 0.622. The highest BCUT2D eigenvalue weighted by Gasteiger charge is 2.33. The Kier molecular flexibility index (Phi) is 9.52. The van der Waals surface area contributed by atoms with Crippen molar-refractivity contribution in [2.75, 3.05) is 10.8 Å². The highest BCUT2D eigenvalue weighted by Crippen LogP contribution is 2.25. The fourth-order valence-electron chi connectivity index (χ4n) is 4.82. The van der Waals surface area contributed by atoms with Gasteiger partial charge in [-0.25, -0.2) is 17.2 Å². The summed E-state index contributed by atoms with van der Waals surface area (Å²) >= 11 is 0. The lowest BCUT2D eigenvalue weighted by atomic mass is 9.95. The van der Waals surface area contributed by atoms with E-state index in [4.69, 9.17) is 0 Å². The molecule has 40 heavy (non-hydrogen) atoms. The van der Waals surface area contributed by atoms with Crippen molar-refractivity contribution in [3.05, 3.63) is 96.1 Å². The molecule has 1 aliphatic rings. The maximum atomic E-state index is 14.6. The molecule has 1 saturated carbocycles. The lowest BCUT2D eigenvalue weighted by molar-refractivity contribution is -0.139. The van der Waals surface area contributed by atoms with Gasteiger partial charge in [0.1, 0.15) is 24.2 Å². The SMILES string of the molecule is C[C@H](C(=O)NC1CCCCC1)N(Cc1ccccc1F)C(=O)CN(c1ccc(F)cc1)S(=O)(=O)c1ccccc1. The summed E-state index contributed by atoms with van der Waals surface area (Å²) < 4.78 is 56.6. The first-order chi connectivity index (χ1) is 19.2. The van der Waals surface area contributed by atoms with Crippen LogP contribution < -0.4 is 9.62 Å². The Morgan fingerprint density at radius 1 is 0.900 bits per heavy atom. The molecular formula is C30H33F2N3O4S. The van der Waals surface area contributed by atoms with Crippen LogP contribution in [0.5, 0.6) is 0 Å². The minimum absolute atomic E-state index is 0.0108. The van der Waals surface area contributed by atoms with Crippen molar-refractivity contribution in [3.8, 4) is 0 Å². The molecule has 0 heterocycles. The van der Waals surface area contributed by atoms with Crippen LogP contribution in [0.3, 0.4) is 0 Å². The van der Waals surface area contributed by atoms with Gasteiger partial charge >= 0.3 is 0 Å². The summed E-state index contributed by atoms with van der Waals surface area (Å²) in [6.07, 6.45) is 4.79. The minimum Gasteiger partial charge on any atom is -0.352 e. The van der Waals surface area contributed by atoms with Crippen LogP contribution >= 0.6 is 0 Å². The van der Waals surface area contributed by atoms with Gasteiger partial charge in [0, 0.05) is 18.2 Å². The zero-order valence-corrected chi connectivity index (χ0v) is 23.1. The Balaban J connectivity index is 1.67. The molecule has 4 rings (SSSR count). The van der Waals surface area contributed by atoms with E-state index in [0.29, 0.717) is 0 Å². The van der Waals surface area contributed by atoms with Gasteiger partial charge in [0.15, 0.2) is 0 Å². The van der Waals surface area contributed by atoms with Gasteiger partial charge in [0.2, 0.25) is 11.8 Å². The average molecular weight is 570 g/mol. The lowest BCUT2D eigenvalue weighted by Gasteiger charge is -2.33. The molecule has 1 atom stereocenters. The fraction of sp³-hybridized carbons (Fsp3) is 0.333. The number of nitrogens with one attached hydrogen (secondary N) is 1. The summed E-state index contributed by atoms with van der Waals surface area (Å²) in [5.41, 5.74) is 0.260. The van der Waals surface area contributed by atoms with E-state index in [1.165, 1.54) is 47.4 Å². The number of rotatable bonds is 10. The van der Waals surface area contributed by atoms with Crippen LogP contribution in [0.4, 0.5) is 14.5 Å². The van der Waals surface area contributed by atoms with Gasteiger partial charge in [0.05, 0.1) is 10.6 Å². The largest absolute Gasteiger partial charge is 0.352 e. The van der Waals surface area contributed by atoms with Crippen LogP contribution in [0, 0.1) is 11.6 Å². The molecule has 1 fully saturated rings. The van der Waals surface area contributed by atoms with Crippen molar-refractivity contribution in [2.24, 2.45) is 0 Å². The monoisotopic (exact) mass is 569 g/mol. The minimum atomic E-state index is -4.26. The summed E-state index contributed by atoms with van der Waals surface area (Å²) in [5, 5.41) is 3.00. The molecule has 3 aromatic carbocycles. The van der Waals surface area contributed by atoms with Crippen LogP contribution in [0.2, 0.25) is 0 Å². The molecule has 10 heteroatoms. The van der Waals surface area contributed by atoms with E-state index in [0.717, 1.165) is 48.5 Å². The van der Waals surface area contributed by atoms with Gasteiger partial charge < -0.3 is 10.2 Å². The Bertz CT molecular complexity index is 1410. The van der Waals surface area contributed by atoms with Crippen LogP contribution in [-0.2, 0) is 26.2 Å². The quantitative estimate of drug-likeness (QED) is 0.371. The van der Waals surface area contributed by atoms with Gasteiger partial charge in [-0.15, -0.1) is 0 Å². The number of amides is 2. The third-order valence-electron chi connectivity index (χ3n) is 7.14. The van der Waals surface area contributed by atoms with E-state index in [1.807, 2.05) is 0 Å². The number of hydrogen-bond donors (Lipinski definition) is 1. The second kappa shape index (κ2) is 13.0. The third kappa shape index (κ3) is 7.04. The molecule has 0 radical (unpaired) electrons. The van der Waals surface area contributed by atoms with E-state index in [9.17, 15) is 26.8 Å². The first-order valence-electron chi connectivity index (χ1n) is 13.3. The highest BCUT2D eigenvalue weighted by atomic mass is 32.2. The summed E-state index contributed by atoms with van der Waals surface area (Å²) in [5.74, 6) is -2.22. The number of halogens is 2. The first kappa shape index (κ1) is 29.2. The van der Waals surface area contributed by atoms with Crippen molar-refractivity contribution < 1.29 is 26.8 Å². The van der Waals surface area contributed by atoms with Crippen molar-refractivity contribution >= 4 is 27.5 Å². The predicted octanol–water partition coefficient (Wildman–Crippen LogP) is 5.03. The highest BCUT2D eigenvalue weighted by molar-refractivity contribution is 7.92. The van der Waals surface area contributed by atoms with E-state index in [2.05, 4.69) is 5.32 Å². The maximum absolute atomic E-state index is 14.6.